The zero-order valence-corrected chi connectivity index (χ0v) is 20.2. The van der Waals surface area contributed by atoms with Crippen LogP contribution in [0.2, 0.25) is 0 Å². The molecule has 1 aliphatic rings. The van der Waals surface area contributed by atoms with Gasteiger partial charge in [0.05, 0.1) is 27.0 Å². The average molecular weight is 481 g/mol. The number of benzene rings is 2. The molecule has 33 heavy (non-hydrogen) atoms. The number of thiazole rings is 2. The van der Waals surface area contributed by atoms with Crippen LogP contribution in [0, 0.1) is 18.7 Å². The van der Waals surface area contributed by atoms with Crippen LogP contribution in [0.4, 0.5) is 9.52 Å². The number of carbonyl (C=O) groups excluding carboxylic acids is 1. The van der Waals surface area contributed by atoms with E-state index in [1.165, 1.54) is 23.5 Å². The minimum atomic E-state index is -0.301. The molecule has 1 aliphatic heterocycles. The monoisotopic (exact) mass is 480 g/mol. The lowest BCUT2D eigenvalue weighted by atomic mass is 9.90. The first-order valence-corrected chi connectivity index (χ1v) is 12.8. The Morgan fingerprint density at radius 2 is 1.94 bits per heavy atom. The molecule has 5 rings (SSSR count). The van der Waals surface area contributed by atoms with E-state index in [-0.39, 0.29) is 17.8 Å². The third-order valence-corrected chi connectivity index (χ3v) is 8.13. The van der Waals surface area contributed by atoms with E-state index in [1.54, 1.807) is 23.5 Å². The van der Waals surface area contributed by atoms with Crippen molar-refractivity contribution in [2.24, 2.45) is 5.92 Å². The van der Waals surface area contributed by atoms with Crippen LogP contribution in [0.15, 0.2) is 48.5 Å². The van der Waals surface area contributed by atoms with Crippen LogP contribution in [-0.2, 0) is 0 Å². The first kappa shape index (κ1) is 22.0. The summed E-state index contributed by atoms with van der Waals surface area (Å²) in [5, 5.41) is 5.19. The standard InChI is InChI=1S/C25H25FN4OS2/c1-15-6-5-13-30(20(15)14-27-25-29-19-7-3-4-8-21(19)33-25)24(31)23-22(28-16(2)32-23)17-9-11-18(26)12-10-17/h3-4,7-12,15,20H,5-6,13-14H2,1-2H3,(H,27,29)/t15-,20-/m1/s1. The summed E-state index contributed by atoms with van der Waals surface area (Å²) in [6, 6.07) is 14.3. The van der Waals surface area contributed by atoms with Crippen LogP contribution in [0.5, 0.6) is 0 Å². The fraction of sp³-hybridized carbons (Fsp3) is 0.320. The number of nitrogens with one attached hydrogen (secondary N) is 1. The fourth-order valence-electron chi connectivity index (χ4n) is 4.46. The van der Waals surface area contributed by atoms with Gasteiger partial charge in [-0.1, -0.05) is 30.4 Å². The summed E-state index contributed by atoms with van der Waals surface area (Å²) < 4.78 is 14.6. The molecule has 5 nitrogen and oxygen atoms in total. The van der Waals surface area contributed by atoms with Gasteiger partial charge < -0.3 is 10.2 Å². The van der Waals surface area contributed by atoms with E-state index in [2.05, 4.69) is 28.3 Å². The number of para-hydroxylation sites is 1. The van der Waals surface area contributed by atoms with Gasteiger partial charge in [0, 0.05) is 18.7 Å². The third kappa shape index (κ3) is 4.50. The second kappa shape index (κ2) is 9.19. The summed E-state index contributed by atoms with van der Waals surface area (Å²) in [7, 11) is 0. The molecular formula is C25H25FN4OS2. The fourth-order valence-corrected chi connectivity index (χ4v) is 6.23. The predicted octanol–water partition coefficient (Wildman–Crippen LogP) is 6.22. The number of anilines is 1. The van der Waals surface area contributed by atoms with E-state index in [9.17, 15) is 9.18 Å². The molecule has 1 N–H and O–H groups in total. The number of amides is 1. The first-order chi connectivity index (χ1) is 16.0. The summed E-state index contributed by atoms with van der Waals surface area (Å²) in [5.41, 5.74) is 2.38. The van der Waals surface area contributed by atoms with Crippen molar-refractivity contribution in [3.05, 3.63) is 64.2 Å². The van der Waals surface area contributed by atoms with Crippen LogP contribution in [0.1, 0.15) is 34.4 Å². The number of halogens is 1. The zero-order valence-electron chi connectivity index (χ0n) is 18.5. The Morgan fingerprint density at radius 1 is 1.15 bits per heavy atom. The molecule has 0 unspecified atom stereocenters. The predicted molar refractivity (Wildman–Crippen MR) is 134 cm³/mol. The van der Waals surface area contributed by atoms with E-state index in [0.29, 0.717) is 23.0 Å². The molecule has 0 spiro atoms. The summed E-state index contributed by atoms with van der Waals surface area (Å²) in [4.78, 5) is 25.7. The Hall–Kier alpha value is -2.84. The Kier molecular flexibility index (Phi) is 6.12. The molecule has 3 heterocycles. The van der Waals surface area contributed by atoms with E-state index < -0.39 is 0 Å². The van der Waals surface area contributed by atoms with Crippen molar-refractivity contribution in [1.29, 1.82) is 0 Å². The van der Waals surface area contributed by atoms with E-state index in [4.69, 9.17) is 0 Å². The molecule has 2 aromatic heterocycles. The van der Waals surface area contributed by atoms with Gasteiger partial charge >= 0.3 is 0 Å². The SMILES string of the molecule is Cc1nc(-c2ccc(F)cc2)c(C(=O)N2CCC[C@@H](C)[C@H]2CNc2nc3ccccc3s2)s1. The molecule has 0 aliphatic carbocycles. The van der Waals surface area contributed by atoms with E-state index >= 15 is 0 Å². The maximum Gasteiger partial charge on any atom is 0.266 e. The minimum Gasteiger partial charge on any atom is -0.359 e. The third-order valence-electron chi connectivity index (χ3n) is 6.18. The van der Waals surface area contributed by atoms with Crippen LogP contribution < -0.4 is 5.32 Å². The highest BCUT2D eigenvalue weighted by atomic mass is 32.1. The number of hydrogen-bond donors (Lipinski definition) is 1. The topological polar surface area (TPSA) is 58.1 Å². The lowest BCUT2D eigenvalue weighted by molar-refractivity contribution is 0.0545. The number of rotatable bonds is 5. The van der Waals surface area contributed by atoms with Gasteiger partial charge in [-0.3, -0.25) is 4.79 Å². The van der Waals surface area contributed by atoms with Crippen molar-refractivity contribution in [2.45, 2.75) is 32.7 Å². The molecule has 170 valence electrons. The Balaban J connectivity index is 1.39. The summed E-state index contributed by atoms with van der Waals surface area (Å²) in [6.07, 6.45) is 2.07. The van der Waals surface area contributed by atoms with E-state index in [0.717, 1.165) is 45.3 Å². The number of carbonyl (C=O) groups is 1. The van der Waals surface area contributed by atoms with Crippen molar-refractivity contribution in [3.63, 3.8) is 0 Å². The summed E-state index contributed by atoms with van der Waals surface area (Å²) >= 11 is 3.04. The molecule has 2 aromatic carbocycles. The molecular weight excluding hydrogens is 455 g/mol. The highest BCUT2D eigenvalue weighted by Crippen LogP contribution is 2.33. The number of hydrogen-bond acceptors (Lipinski definition) is 6. The molecule has 0 bridgehead atoms. The lowest BCUT2D eigenvalue weighted by Crippen LogP contribution is -2.50. The number of fused-ring (bicyclic) bond motifs is 1. The maximum absolute atomic E-state index is 13.8. The van der Waals surface area contributed by atoms with Gasteiger partial charge in [0.25, 0.3) is 5.91 Å². The highest BCUT2D eigenvalue weighted by molar-refractivity contribution is 7.22. The van der Waals surface area contributed by atoms with Gasteiger partial charge in [0.1, 0.15) is 10.7 Å². The largest absolute Gasteiger partial charge is 0.359 e. The van der Waals surface area contributed by atoms with Gasteiger partial charge in [-0.25, -0.2) is 14.4 Å². The molecule has 0 saturated carbocycles. The van der Waals surface area contributed by atoms with Crippen molar-refractivity contribution in [2.75, 3.05) is 18.4 Å². The Morgan fingerprint density at radius 3 is 2.73 bits per heavy atom. The number of likely N-dealkylation sites (tertiary alicyclic amines) is 1. The normalized spacial score (nSPS) is 18.6. The Bertz CT molecular complexity index is 1250. The second-order valence-corrected chi connectivity index (χ2v) is 10.7. The smallest absolute Gasteiger partial charge is 0.266 e. The molecule has 1 fully saturated rings. The van der Waals surface area contributed by atoms with Crippen LogP contribution in [-0.4, -0.2) is 39.9 Å². The van der Waals surface area contributed by atoms with Gasteiger partial charge in [-0.05, 0) is 62.1 Å². The molecule has 4 aromatic rings. The molecule has 0 radical (unpaired) electrons. The Labute approximate surface area is 200 Å². The number of aryl methyl sites for hydroxylation is 1. The van der Waals surface area contributed by atoms with Gasteiger partial charge in [-0.2, -0.15) is 0 Å². The summed E-state index contributed by atoms with van der Waals surface area (Å²) in [6.45, 7) is 5.48. The highest BCUT2D eigenvalue weighted by Gasteiger charge is 2.34. The van der Waals surface area contributed by atoms with Crippen molar-refractivity contribution >= 4 is 43.9 Å². The van der Waals surface area contributed by atoms with Crippen LogP contribution in [0.25, 0.3) is 21.5 Å². The van der Waals surface area contributed by atoms with Gasteiger partial charge in [-0.15, -0.1) is 11.3 Å². The quantitative estimate of drug-likeness (QED) is 0.368. The molecule has 1 amide bonds. The molecule has 1 saturated heterocycles. The van der Waals surface area contributed by atoms with Crippen molar-refractivity contribution in [1.82, 2.24) is 14.9 Å². The molecule has 2 atom stereocenters. The summed E-state index contributed by atoms with van der Waals surface area (Å²) in [5.74, 6) is 0.0693. The number of piperidine rings is 1. The van der Waals surface area contributed by atoms with Crippen LogP contribution >= 0.6 is 22.7 Å². The van der Waals surface area contributed by atoms with Crippen molar-refractivity contribution < 1.29 is 9.18 Å². The first-order valence-electron chi connectivity index (χ1n) is 11.1. The number of nitrogens with zero attached hydrogens (tertiary/aromatic N) is 3. The molecule has 8 heteroatoms. The number of aromatic nitrogens is 2. The average Bonchev–Trinajstić information content (AvgIpc) is 3.41. The van der Waals surface area contributed by atoms with Crippen molar-refractivity contribution in [3.8, 4) is 11.3 Å². The maximum atomic E-state index is 13.8. The van der Waals surface area contributed by atoms with E-state index in [1.807, 2.05) is 30.0 Å². The zero-order chi connectivity index (χ0) is 22.9. The van der Waals surface area contributed by atoms with Gasteiger partial charge in [0.2, 0.25) is 0 Å². The minimum absolute atomic E-state index is 0.00238. The van der Waals surface area contributed by atoms with Gasteiger partial charge in [0.15, 0.2) is 5.13 Å². The lowest BCUT2D eigenvalue weighted by Gasteiger charge is -2.40. The second-order valence-electron chi connectivity index (χ2n) is 8.47. The van der Waals surface area contributed by atoms with Crippen LogP contribution in [0.3, 0.4) is 0 Å².